The molecule has 2 aromatic heterocycles. The lowest BCUT2D eigenvalue weighted by atomic mass is 10.2. The normalized spacial score (nSPS) is 10.7. The van der Waals surface area contributed by atoms with Crippen molar-refractivity contribution in [3.05, 3.63) is 93.8 Å². The molecule has 0 aliphatic heterocycles. The molecule has 1 amide bonds. The van der Waals surface area contributed by atoms with Gasteiger partial charge in [0, 0.05) is 30.1 Å². The van der Waals surface area contributed by atoms with Gasteiger partial charge in [-0.3, -0.25) is 24.5 Å². The second kappa shape index (κ2) is 10.2. The van der Waals surface area contributed by atoms with E-state index in [0.717, 1.165) is 11.1 Å². The lowest BCUT2D eigenvalue weighted by Gasteiger charge is -2.11. The van der Waals surface area contributed by atoms with Crippen LogP contribution in [0.25, 0.3) is 11.4 Å². The lowest BCUT2D eigenvalue weighted by molar-refractivity contribution is -0.384. The number of halogens is 1. The van der Waals surface area contributed by atoms with E-state index < -0.39 is 4.92 Å². The Morgan fingerprint density at radius 2 is 1.94 bits per heavy atom. The lowest BCUT2D eigenvalue weighted by Crippen LogP contribution is -2.15. The van der Waals surface area contributed by atoms with Gasteiger partial charge in [0.05, 0.1) is 27.9 Å². The summed E-state index contributed by atoms with van der Waals surface area (Å²) in [6.45, 7) is 0.524. The standard InChI is InChI=1S/C22H17ClN6O3S/c23-18-11-17(29(31)32)8-9-19(18)25-20(30)14-33-22-27-26-21(16-7-4-10-24-12-16)28(22)13-15-5-2-1-3-6-15/h1-12H,13-14H2,(H,25,30). The van der Waals surface area contributed by atoms with E-state index in [0.29, 0.717) is 23.2 Å². The van der Waals surface area contributed by atoms with Crippen LogP contribution < -0.4 is 5.32 Å². The van der Waals surface area contributed by atoms with Gasteiger partial charge in [-0.05, 0) is 23.8 Å². The van der Waals surface area contributed by atoms with Crippen molar-refractivity contribution in [1.82, 2.24) is 19.7 Å². The molecule has 4 rings (SSSR count). The number of amides is 1. The van der Waals surface area contributed by atoms with E-state index >= 15 is 0 Å². The molecule has 0 aliphatic rings. The van der Waals surface area contributed by atoms with Gasteiger partial charge in [0.1, 0.15) is 0 Å². The molecule has 2 aromatic carbocycles. The number of nitro groups is 1. The molecule has 0 bridgehead atoms. The first-order chi connectivity index (χ1) is 16.0. The molecule has 0 saturated heterocycles. The van der Waals surface area contributed by atoms with Crippen molar-refractivity contribution in [2.75, 3.05) is 11.1 Å². The Morgan fingerprint density at radius 3 is 2.64 bits per heavy atom. The van der Waals surface area contributed by atoms with Crippen LogP contribution in [0.2, 0.25) is 5.02 Å². The third-order valence-corrected chi connectivity index (χ3v) is 5.87. The minimum absolute atomic E-state index is 0.0489. The first-order valence-electron chi connectivity index (χ1n) is 9.75. The molecule has 166 valence electrons. The van der Waals surface area contributed by atoms with Gasteiger partial charge in [0.2, 0.25) is 5.91 Å². The fraction of sp³-hybridized carbons (Fsp3) is 0.0909. The molecule has 1 N–H and O–H groups in total. The van der Waals surface area contributed by atoms with Crippen molar-refractivity contribution in [2.45, 2.75) is 11.7 Å². The zero-order chi connectivity index (χ0) is 23.2. The molecule has 0 fully saturated rings. The minimum atomic E-state index is -0.549. The maximum Gasteiger partial charge on any atom is 0.271 e. The molecule has 4 aromatic rings. The number of carbonyl (C=O) groups is 1. The molecule has 0 unspecified atom stereocenters. The van der Waals surface area contributed by atoms with Crippen molar-refractivity contribution in [3.8, 4) is 11.4 Å². The highest BCUT2D eigenvalue weighted by atomic mass is 35.5. The predicted octanol–water partition coefficient (Wildman–Crippen LogP) is 4.68. The van der Waals surface area contributed by atoms with Crippen LogP contribution in [-0.4, -0.2) is 36.3 Å². The summed E-state index contributed by atoms with van der Waals surface area (Å²) in [5.41, 5.74) is 2.03. The highest BCUT2D eigenvalue weighted by molar-refractivity contribution is 7.99. The summed E-state index contributed by atoms with van der Waals surface area (Å²) in [7, 11) is 0. The zero-order valence-electron chi connectivity index (χ0n) is 17.1. The zero-order valence-corrected chi connectivity index (χ0v) is 18.7. The van der Waals surface area contributed by atoms with Crippen LogP contribution in [0.1, 0.15) is 5.56 Å². The van der Waals surface area contributed by atoms with E-state index in [4.69, 9.17) is 11.6 Å². The topological polar surface area (TPSA) is 116 Å². The van der Waals surface area contributed by atoms with Gasteiger partial charge >= 0.3 is 0 Å². The molecule has 0 aliphatic carbocycles. The largest absolute Gasteiger partial charge is 0.324 e. The number of thioether (sulfide) groups is 1. The van der Waals surface area contributed by atoms with E-state index in [1.54, 1.807) is 12.4 Å². The molecule has 2 heterocycles. The summed E-state index contributed by atoms with van der Waals surface area (Å²) in [5, 5.41) is 22.8. The van der Waals surface area contributed by atoms with Gasteiger partial charge in [-0.25, -0.2) is 0 Å². The fourth-order valence-corrected chi connectivity index (χ4v) is 4.01. The van der Waals surface area contributed by atoms with Crippen LogP contribution in [0.4, 0.5) is 11.4 Å². The second-order valence-corrected chi connectivity index (χ2v) is 8.23. The minimum Gasteiger partial charge on any atom is -0.324 e. The number of rotatable bonds is 8. The average Bonchev–Trinajstić information content (AvgIpc) is 3.22. The third-order valence-electron chi connectivity index (χ3n) is 4.59. The Labute approximate surface area is 198 Å². The SMILES string of the molecule is O=C(CSc1nnc(-c2cccnc2)n1Cc1ccccc1)Nc1ccc([N+](=O)[O-])cc1Cl. The number of nitro benzene ring substituents is 1. The van der Waals surface area contributed by atoms with Crippen molar-refractivity contribution in [2.24, 2.45) is 0 Å². The van der Waals surface area contributed by atoms with Gasteiger partial charge in [-0.2, -0.15) is 0 Å². The van der Waals surface area contributed by atoms with E-state index in [1.807, 2.05) is 47.0 Å². The van der Waals surface area contributed by atoms with Gasteiger partial charge < -0.3 is 5.32 Å². The smallest absolute Gasteiger partial charge is 0.271 e. The van der Waals surface area contributed by atoms with Crippen LogP contribution in [0.5, 0.6) is 0 Å². The number of carbonyl (C=O) groups excluding carboxylic acids is 1. The summed E-state index contributed by atoms with van der Waals surface area (Å²) in [6, 6.07) is 17.5. The summed E-state index contributed by atoms with van der Waals surface area (Å²) in [4.78, 5) is 27.0. The molecule has 0 saturated carbocycles. The van der Waals surface area contributed by atoms with E-state index in [9.17, 15) is 14.9 Å². The van der Waals surface area contributed by atoms with Crippen LogP contribution >= 0.6 is 23.4 Å². The number of anilines is 1. The highest BCUT2D eigenvalue weighted by Gasteiger charge is 2.17. The molecule has 9 nitrogen and oxygen atoms in total. The van der Waals surface area contributed by atoms with Gasteiger partial charge in [-0.1, -0.05) is 53.7 Å². The summed E-state index contributed by atoms with van der Waals surface area (Å²) < 4.78 is 1.93. The number of aromatic nitrogens is 4. The third kappa shape index (κ3) is 5.54. The van der Waals surface area contributed by atoms with Gasteiger partial charge in [-0.15, -0.1) is 10.2 Å². The molecular formula is C22H17ClN6O3S. The number of nitrogens with zero attached hydrogens (tertiary/aromatic N) is 5. The van der Waals surface area contributed by atoms with Crippen LogP contribution in [0.15, 0.2) is 78.2 Å². The number of nitrogens with one attached hydrogen (secondary N) is 1. The number of benzene rings is 2. The first kappa shape index (κ1) is 22.4. The quantitative estimate of drug-likeness (QED) is 0.221. The Hall–Kier alpha value is -3.76. The summed E-state index contributed by atoms with van der Waals surface area (Å²) in [6.07, 6.45) is 3.40. The van der Waals surface area contributed by atoms with Gasteiger partial charge in [0.25, 0.3) is 5.69 Å². The maximum absolute atomic E-state index is 12.5. The summed E-state index contributed by atoms with van der Waals surface area (Å²) in [5.74, 6) is 0.369. The predicted molar refractivity (Wildman–Crippen MR) is 126 cm³/mol. The van der Waals surface area contributed by atoms with E-state index in [1.165, 1.54) is 30.0 Å². The number of hydrogen-bond donors (Lipinski definition) is 1. The Balaban J connectivity index is 1.51. The molecule has 0 spiro atoms. The Kier molecular flexibility index (Phi) is 6.96. The van der Waals surface area contributed by atoms with Crippen LogP contribution in [0, 0.1) is 10.1 Å². The molecular weight excluding hydrogens is 464 g/mol. The Bertz CT molecular complexity index is 1280. The average molecular weight is 481 g/mol. The fourth-order valence-electron chi connectivity index (χ4n) is 3.05. The summed E-state index contributed by atoms with van der Waals surface area (Å²) >= 11 is 7.29. The number of pyridine rings is 1. The number of hydrogen-bond acceptors (Lipinski definition) is 7. The second-order valence-electron chi connectivity index (χ2n) is 6.88. The van der Waals surface area contributed by atoms with Crippen molar-refractivity contribution < 1.29 is 9.72 Å². The Morgan fingerprint density at radius 1 is 1.12 bits per heavy atom. The maximum atomic E-state index is 12.5. The molecule has 0 atom stereocenters. The molecule has 11 heteroatoms. The van der Waals surface area contributed by atoms with Crippen LogP contribution in [-0.2, 0) is 11.3 Å². The molecule has 0 radical (unpaired) electrons. The van der Waals surface area contributed by atoms with E-state index in [-0.39, 0.29) is 22.4 Å². The number of non-ortho nitro benzene ring substituents is 1. The van der Waals surface area contributed by atoms with Crippen LogP contribution in [0.3, 0.4) is 0 Å². The van der Waals surface area contributed by atoms with Crippen molar-refractivity contribution in [3.63, 3.8) is 0 Å². The van der Waals surface area contributed by atoms with Gasteiger partial charge in [0.15, 0.2) is 11.0 Å². The highest BCUT2D eigenvalue weighted by Crippen LogP contribution is 2.28. The van der Waals surface area contributed by atoms with E-state index in [2.05, 4.69) is 20.5 Å². The van der Waals surface area contributed by atoms with Crippen molar-refractivity contribution in [1.29, 1.82) is 0 Å². The first-order valence-corrected chi connectivity index (χ1v) is 11.1. The monoisotopic (exact) mass is 480 g/mol. The molecule has 33 heavy (non-hydrogen) atoms. The van der Waals surface area contributed by atoms with Crippen molar-refractivity contribution >= 4 is 40.6 Å².